The number of aromatic nitrogens is 2. The Morgan fingerprint density at radius 3 is 2.79 bits per heavy atom. The van der Waals surface area contributed by atoms with Crippen LogP contribution < -0.4 is 5.73 Å². The maximum atomic E-state index is 12.3. The fraction of sp³-hybridized carbons (Fsp3) is 0.235. The van der Waals surface area contributed by atoms with Gasteiger partial charge in [0.15, 0.2) is 5.69 Å². The topological polar surface area (TPSA) is 103 Å². The molecule has 7 heteroatoms. The SMILES string of the molecule is CCOC(=O)c1c(N)c(C2=CCOC2)nn1-c1ccc(C#N)cc1. The number of ether oxygens (including phenoxy) is 2. The number of anilines is 1. The largest absolute Gasteiger partial charge is 0.461 e. The third kappa shape index (κ3) is 2.75. The summed E-state index contributed by atoms with van der Waals surface area (Å²) in [7, 11) is 0. The van der Waals surface area contributed by atoms with Crippen LogP contribution in [0.1, 0.15) is 28.7 Å². The van der Waals surface area contributed by atoms with Crippen LogP contribution in [0.4, 0.5) is 5.69 Å². The van der Waals surface area contributed by atoms with E-state index in [1.165, 1.54) is 4.68 Å². The lowest BCUT2D eigenvalue weighted by Crippen LogP contribution is -2.13. The molecule has 2 aromatic rings. The normalized spacial score (nSPS) is 13.4. The number of nitrogens with two attached hydrogens (primary N) is 1. The third-order valence-corrected chi connectivity index (χ3v) is 3.64. The number of hydrogen-bond acceptors (Lipinski definition) is 6. The predicted octanol–water partition coefficient (Wildman–Crippen LogP) is 1.92. The molecule has 0 unspecified atom stereocenters. The molecule has 3 rings (SSSR count). The number of carbonyl (C=O) groups excluding carboxylic acids is 1. The zero-order valence-electron chi connectivity index (χ0n) is 13.2. The van der Waals surface area contributed by atoms with Crippen molar-refractivity contribution < 1.29 is 14.3 Å². The van der Waals surface area contributed by atoms with E-state index in [9.17, 15) is 4.79 Å². The summed E-state index contributed by atoms with van der Waals surface area (Å²) in [5.74, 6) is -0.544. The van der Waals surface area contributed by atoms with Crippen LogP contribution in [0.25, 0.3) is 11.3 Å². The van der Waals surface area contributed by atoms with Crippen molar-refractivity contribution in [3.05, 3.63) is 47.3 Å². The first kappa shape index (κ1) is 15.8. The van der Waals surface area contributed by atoms with Gasteiger partial charge in [-0.15, -0.1) is 0 Å². The minimum atomic E-state index is -0.544. The highest BCUT2D eigenvalue weighted by Crippen LogP contribution is 2.29. The first-order chi connectivity index (χ1) is 11.7. The highest BCUT2D eigenvalue weighted by molar-refractivity contribution is 5.97. The van der Waals surface area contributed by atoms with E-state index in [1.54, 1.807) is 31.2 Å². The number of rotatable bonds is 4. The average molecular weight is 324 g/mol. The summed E-state index contributed by atoms with van der Waals surface area (Å²) >= 11 is 0. The van der Waals surface area contributed by atoms with Gasteiger partial charge >= 0.3 is 5.97 Å². The monoisotopic (exact) mass is 324 g/mol. The minimum Gasteiger partial charge on any atom is -0.461 e. The minimum absolute atomic E-state index is 0.171. The van der Waals surface area contributed by atoms with Crippen LogP contribution in [0.3, 0.4) is 0 Å². The molecule has 0 bridgehead atoms. The fourth-order valence-corrected chi connectivity index (χ4v) is 2.48. The van der Waals surface area contributed by atoms with E-state index >= 15 is 0 Å². The van der Waals surface area contributed by atoms with Crippen molar-refractivity contribution in [1.82, 2.24) is 9.78 Å². The number of benzene rings is 1. The van der Waals surface area contributed by atoms with Gasteiger partial charge < -0.3 is 15.2 Å². The molecule has 1 aliphatic heterocycles. The lowest BCUT2D eigenvalue weighted by molar-refractivity contribution is 0.0517. The Hall–Kier alpha value is -3.11. The van der Waals surface area contributed by atoms with Gasteiger partial charge in [-0.3, -0.25) is 0 Å². The van der Waals surface area contributed by atoms with Crippen LogP contribution in [0, 0.1) is 11.3 Å². The Morgan fingerprint density at radius 2 is 2.21 bits per heavy atom. The van der Waals surface area contributed by atoms with Crippen LogP contribution in [0.5, 0.6) is 0 Å². The van der Waals surface area contributed by atoms with Crippen LogP contribution in [0.15, 0.2) is 30.3 Å². The highest BCUT2D eigenvalue weighted by atomic mass is 16.5. The van der Waals surface area contributed by atoms with Crippen molar-refractivity contribution in [2.75, 3.05) is 25.6 Å². The van der Waals surface area contributed by atoms with Gasteiger partial charge in [0, 0.05) is 5.57 Å². The molecular weight excluding hydrogens is 308 g/mol. The maximum Gasteiger partial charge on any atom is 0.359 e. The van der Waals surface area contributed by atoms with Gasteiger partial charge in [0.2, 0.25) is 0 Å². The molecule has 24 heavy (non-hydrogen) atoms. The summed E-state index contributed by atoms with van der Waals surface area (Å²) in [5.41, 5.74) is 9.09. The van der Waals surface area contributed by atoms with Crippen molar-refractivity contribution in [1.29, 1.82) is 5.26 Å². The van der Waals surface area contributed by atoms with E-state index in [0.717, 1.165) is 5.57 Å². The summed E-state index contributed by atoms with van der Waals surface area (Å²) in [5, 5.41) is 13.4. The number of carbonyl (C=O) groups is 1. The Balaban J connectivity index is 2.13. The molecule has 0 atom stereocenters. The van der Waals surface area contributed by atoms with Gasteiger partial charge in [0.05, 0.1) is 42.8 Å². The smallest absolute Gasteiger partial charge is 0.359 e. The quantitative estimate of drug-likeness (QED) is 0.862. The second kappa shape index (κ2) is 6.56. The lowest BCUT2D eigenvalue weighted by atomic mass is 10.1. The number of nitrogen functional groups attached to an aromatic ring is 1. The highest BCUT2D eigenvalue weighted by Gasteiger charge is 2.26. The molecule has 0 fully saturated rings. The van der Waals surface area contributed by atoms with Gasteiger partial charge in [-0.2, -0.15) is 10.4 Å². The molecule has 7 nitrogen and oxygen atoms in total. The Kier molecular flexibility index (Phi) is 4.31. The van der Waals surface area contributed by atoms with Crippen molar-refractivity contribution in [3.8, 4) is 11.8 Å². The van der Waals surface area contributed by atoms with Crippen molar-refractivity contribution in [3.63, 3.8) is 0 Å². The molecule has 2 heterocycles. The van der Waals surface area contributed by atoms with Gasteiger partial charge in [-0.05, 0) is 31.2 Å². The number of esters is 1. The molecule has 0 aliphatic carbocycles. The number of nitriles is 1. The Morgan fingerprint density at radius 1 is 1.46 bits per heavy atom. The standard InChI is InChI=1S/C17H16N4O3/c1-2-24-17(22)16-14(19)15(12-7-8-23-10-12)20-21(16)13-5-3-11(9-18)4-6-13/h3-7H,2,8,10,19H2,1H3. The Labute approximate surface area is 138 Å². The molecule has 1 aromatic heterocycles. The summed E-state index contributed by atoms with van der Waals surface area (Å²) < 4.78 is 11.9. The van der Waals surface area contributed by atoms with E-state index in [-0.39, 0.29) is 18.0 Å². The van der Waals surface area contributed by atoms with Crippen LogP contribution in [-0.4, -0.2) is 35.6 Å². The van der Waals surface area contributed by atoms with E-state index < -0.39 is 5.97 Å². The van der Waals surface area contributed by atoms with E-state index in [0.29, 0.717) is 30.2 Å². The molecule has 0 saturated carbocycles. The van der Waals surface area contributed by atoms with Crippen LogP contribution in [-0.2, 0) is 9.47 Å². The fourth-order valence-electron chi connectivity index (χ4n) is 2.48. The molecular formula is C17H16N4O3. The van der Waals surface area contributed by atoms with Gasteiger partial charge in [0.1, 0.15) is 5.69 Å². The second-order valence-electron chi connectivity index (χ2n) is 5.15. The van der Waals surface area contributed by atoms with E-state index in [4.69, 9.17) is 20.5 Å². The molecule has 122 valence electrons. The van der Waals surface area contributed by atoms with Crippen LogP contribution in [0.2, 0.25) is 0 Å². The molecule has 0 radical (unpaired) electrons. The molecule has 2 N–H and O–H groups in total. The third-order valence-electron chi connectivity index (χ3n) is 3.64. The molecule has 0 amide bonds. The zero-order valence-corrected chi connectivity index (χ0v) is 13.2. The maximum absolute atomic E-state index is 12.3. The Bertz CT molecular complexity index is 844. The summed E-state index contributed by atoms with van der Waals surface area (Å²) in [6, 6.07) is 8.77. The van der Waals surface area contributed by atoms with Crippen molar-refractivity contribution in [2.24, 2.45) is 0 Å². The molecule has 1 aromatic carbocycles. The van der Waals surface area contributed by atoms with E-state index in [2.05, 4.69) is 11.2 Å². The number of hydrogen-bond donors (Lipinski definition) is 1. The van der Waals surface area contributed by atoms with Gasteiger partial charge in [0.25, 0.3) is 0 Å². The van der Waals surface area contributed by atoms with Crippen molar-refractivity contribution in [2.45, 2.75) is 6.92 Å². The molecule has 0 saturated heterocycles. The summed E-state index contributed by atoms with van der Waals surface area (Å²) in [6.45, 7) is 2.85. The first-order valence-corrected chi connectivity index (χ1v) is 7.49. The molecule has 1 aliphatic rings. The number of nitrogens with zero attached hydrogens (tertiary/aromatic N) is 3. The second-order valence-corrected chi connectivity index (χ2v) is 5.15. The van der Waals surface area contributed by atoms with Crippen LogP contribution >= 0.6 is 0 Å². The van der Waals surface area contributed by atoms with Gasteiger partial charge in [-0.25, -0.2) is 9.48 Å². The average Bonchev–Trinajstić information content (AvgIpc) is 3.22. The first-order valence-electron chi connectivity index (χ1n) is 7.49. The molecule has 0 spiro atoms. The zero-order chi connectivity index (χ0) is 17.1. The predicted molar refractivity (Wildman–Crippen MR) is 87.4 cm³/mol. The van der Waals surface area contributed by atoms with Gasteiger partial charge in [-0.1, -0.05) is 6.08 Å². The summed E-state index contributed by atoms with van der Waals surface area (Å²) in [6.07, 6.45) is 1.89. The van der Waals surface area contributed by atoms with E-state index in [1.807, 2.05) is 6.08 Å². The van der Waals surface area contributed by atoms with Crippen molar-refractivity contribution >= 4 is 17.2 Å². The lowest BCUT2D eigenvalue weighted by Gasteiger charge is -2.07. The summed E-state index contributed by atoms with van der Waals surface area (Å²) in [4.78, 5) is 12.3.